The lowest BCUT2D eigenvalue weighted by Crippen LogP contribution is -2.27. The Bertz CT molecular complexity index is 451. The highest BCUT2D eigenvalue weighted by atomic mass is 35.5. The van der Waals surface area contributed by atoms with Gasteiger partial charge in [-0.1, -0.05) is 29.8 Å². The van der Waals surface area contributed by atoms with Crippen LogP contribution in [0, 0.1) is 5.82 Å². The highest BCUT2D eigenvalue weighted by molar-refractivity contribution is 6.35. The first-order valence-corrected chi connectivity index (χ1v) is 5.06. The van der Waals surface area contributed by atoms with Crippen molar-refractivity contribution < 1.29 is 18.7 Å². The molecule has 2 rings (SSSR count). The first-order valence-electron chi connectivity index (χ1n) is 4.68. The predicted molar refractivity (Wildman–Crippen MR) is 55.4 cm³/mol. The van der Waals surface area contributed by atoms with E-state index < -0.39 is 22.4 Å². The van der Waals surface area contributed by atoms with E-state index in [9.17, 15) is 9.18 Å². The molecular weight excluding hydrogens is 235 g/mol. The van der Waals surface area contributed by atoms with Crippen molar-refractivity contribution in [1.82, 2.24) is 0 Å². The Morgan fingerprint density at radius 3 is 2.69 bits per heavy atom. The lowest BCUT2D eigenvalue weighted by Gasteiger charge is -2.10. The quantitative estimate of drug-likeness (QED) is 0.455. The number of esters is 1. The van der Waals surface area contributed by atoms with Crippen molar-refractivity contribution >= 4 is 17.6 Å². The van der Waals surface area contributed by atoms with Gasteiger partial charge in [-0.2, -0.15) is 0 Å². The van der Waals surface area contributed by atoms with Gasteiger partial charge >= 0.3 is 5.97 Å². The molecule has 1 aromatic carbocycles. The Hall–Kier alpha value is -1.13. The Kier molecular flexibility index (Phi) is 2.44. The van der Waals surface area contributed by atoms with Crippen LogP contribution in [0.15, 0.2) is 24.3 Å². The van der Waals surface area contributed by atoms with E-state index in [-0.39, 0.29) is 5.56 Å². The van der Waals surface area contributed by atoms with Crippen molar-refractivity contribution in [2.24, 2.45) is 0 Å². The molecule has 1 saturated heterocycles. The minimum Gasteiger partial charge on any atom is -0.466 e. The van der Waals surface area contributed by atoms with Gasteiger partial charge in [-0.05, 0) is 13.0 Å². The number of hydrogen-bond donors (Lipinski definition) is 0. The van der Waals surface area contributed by atoms with Gasteiger partial charge in [0.1, 0.15) is 5.82 Å². The molecule has 3 nitrogen and oxygen atoms in total. The molecule has 2 atom stereocenters. The number of epoxide rings is 1. The summed E-state index contributed by atoms with van der Waals surface area (Å²) in [5, 5.41) is -1.62. The summed E-state index contributed by atoms with van der Waals surface area (Å²) in [5.41, 5.74) is -0.928. The van der Waals surface area contributed by atoms with Crippen LogP contribution in [0.4, 0.5) is 4.39 Å². The van der Waals surface area contributed by atoms with Crippen LogP contribution in [-0.4, -0.2) is 18.1 Å². The fourth-order valence-electron chi connectivity index (χ4n) is 1.70. The van der Waals surface area contributed by atoms with Crippen molar-refractivity contribution in [3.8, 4) is 0 Å². The molecule has 5 heteroatoms. The normalized spacial score (nSPS) is 32.2. The van der Waals surface area contributed by atoms with E-state index in [2.05, 4.69) is 4.74 Å². The Balaban J connectivity index is 2.38. The van der Waals surface area contributed by atoms with Gasteiger partial charge in [-0.15, -0.1) is 0 Å². The molecule has 0 spiro atoms. The Morgan fingerprint density at radius 1 is 1.50 bits per heavy atom. The van der Waals surface area contributed by atoms with Crippen LogP contribution < -0.4 is 0 Å². The zero-order valence-corrected chi connectivity index (χ0v) is 9.55. The molecule has 2 unspecified atom stereocenters. The second-order valence-electron chi connectivity index (χ2n) is 3.70. The fraction of sp³-hybridized carbons (Fsp3) is 0.364. The zero-order valence-electron chi connectivity index (χ0n) is 8.79. The SMILES string of the molecule is COC(=O)C1(Cl)OC1(C)c1ccccc1F. The van der Waals surface area contributed by atoms with E-state index >= 15 is 0 Å². The lowest BCUT2D eigenvalue weighted by molar-refractivity contribution is -0.143. The third kappa shape index (κ3) is 1.33. The summed E-state index contributed by atoms with van der Waals surface area (Å²) in [6.07, 6.45) is 0. The molecular formula is C11H10ClFO3. The molecule has 1 heterocycles. The van der Waals surface area contributed by atoms with Gasteiger partial charge in [0.05, 0.1) is 7.11 Å². The maximum Gasteiger partial charge on any atom is 0.357 e. The van der Waals surface area contributed by atoms with Gasteiger partial charge in [0.2, 0.25) is 0 Å². The van der Waals surface area contributed by atoms with Crippen LogP contribution in [0.2, 0.25) is 0 Å². The molecule has 0 radical (unpaired) electrons. The summed E-state index contributed by atoms with van der Waals surface area (Å²) in [6, 6.07) is 6.03. The smallest absolute Gasteiger partial charge is 0.357 e. The lowest BCUT2D eigenvalue weighted by atomic mass is 9.96. The van der Waals surface area contributed by atoms with E-state index in [1.807, 2.05) is 0 Å². The van der Waals surface area contributed by atoms with Crippen LogP contribution in [0.3, 0.4) is 0 Å². The van der Waals surface area contributed by atoms with E-state index in [4.69, 9.17) is 16.3 Å². The Labute approximate surface area is 97.1 Å². The third-order valence-corrected chi connectivity index (χ3v) is 3.34. The molecule has 1 aromatic rings. The summed E-state index contributed by atoms with van der Waals surface area (Å²) >= 11 is 5.95. The second-order valence-corrected chi connectivity index (χ2v) is 4.23. The number of carbonyl (C=O) groups excluding carboxylic acids is 1. The number of rotatable bonds is 2. The molecule has 1 aliphatic rings. The predicted octanol–water partition coefficient (Wildman–Crippen LogP) is 2.18. The standard InChI is InChI=1S/C11H10ClFO3/c1-10(7-5-3-4-6-8(7)13)11(12,16-10)9(14)15-2/h3-6H,1-2H3. The molecule has 86 valence electrons. The molecule has 1 aliphatic heterocycles. The van der Waals surface area contributed by atoms with Crippen LogP contribution >= 0.6 is 11.6 Å². The molecule has 1 fully saturated rings. The Morgan fingerprint density at radius 2 is 2.12 bits per heavy atom. The number of benzene rings is 1. The number of halogens is 2. The van der Waals surface area contributed by atoms with Gasteiger partial charge in [-0.3, -0.25) is 0 Å². The van der Waals surface area contributed by atoms with Crippen molar-refractivity contribution in [2.75, 3.05) is 7.11 Å². The van der Waals surface area contributed by atoms with Crippen molar-refractivity contribution in [1.29, 1.82) is 0 Å². The number of hydrogen-bond acceptors (Lipinski definition) is 3. The molecule has 0 saturated carbocycles. The maximum atomic E-state index is 13.5. The molecule has 16 heavy (non-hydrogen) atoms. The van der Waals surface area contributed by atoms with Gasteiger partial charge in [-0.25, -0.2) is 9.18 Å². The van der Waals surface area contributed by atoms with Crippen molar-refractivity contribution in [3.05, 3.63) is 35.6 Å². The summed E-state index contributed by atoms with van der Waals surface area (Å²) in [6.45, 7) is 1.55. The molecule has 0 aromatic heterocycles. The van der Waals surface area contributed by atoms with E-state index in [1.165, 1.54) is 19.2 Å². The van der Waals surface area contributed by atoms with E-state index in [1.54, 1.807) is 19.1 Å². The van der Waals surface area contributed by atoms with Gasteiger partial charge in [0.15, 0.2) is 5.60 Å². The summed E-state index contributed by atoms with van der Waals surface area (Å²) in [5.74, 6) is -1.18. The highest BCUT2D eigenvalue weighted by Crippen LogP contribution is 2.59. The van der Waals surface area contributed by atoms with Crippen LogP contribution in [0.25, 0.3) is 0 Å². The first-order chi connectivity index (χ1) is 7.45. The maximum absolute atomic E-state index is 13.5. The van der Waals surface area contributed by atoms with Crippen LogP contribution in [0.5, 0.6) is 0 Å². The first kappa shape index (κ1) is 11.4. The van der Waals surface area contributed by atoms with Gasteiger partial charge < -0.3 is 9.47 Å². The van der Waals surface area contributed by atoms with Gasteiger partial charge in [0, 0.05) is 5.56 Å². The fourth-order valence-corrected chi connectivity index (χ4v) is 2.03. The molecule has 0 bridgehead atoms. The average molecular weight is 245 g/mol. The van der Waals surface area contributed by atoms with Crippen molar-refractivity contribution in [2.45, 2.75) is 17.6 Å². The van der Waals surface area contributed by atoms with Crippen molar-refractivity contribution in [3.63, 3.8) is 0 Å². The summed E-state index contributed by atoms with van der Waals surface area (Å²) < 4.78 is 23.2. The minimum atomic E-state index is -1.62. The van der Waals surface area contributed by atoms with Crippen LogP contribution in [0.1, 0.15) is 12.5 Å². The largest absolute Gasteiger partial charge is 0.466 e. The summed E-state index contributed by atoms with van der Waals surface area (Å²) in [7, 11) is 1.20. The topological polar surface area (TPSA) is 38.8 Å². The number of alkyl halides is 1. The average Bonchev–Trinajstić information content (AvgIpc) is 2.83. The minimum absolute atomic E-state index is 0.246. The number of ether oxygens (including phenoxy) is 2. The number of carbonyl (C=O) groups is 1. The summed E-state index contributed by atoms with van der Waals surface area (Å²) in [4.78, 5) is 11.4. The monoisotopic (exact) mass is 244 g/mol. The number of methoxy groups -OCH3 is 1. The van der Waals surface area contributed by atoms with E-state index in [0.717, 1.165) is 0 Å². The molecule has 0 amide bonds. The zero-order chi connectivity index (χ0) is 12.0. The van der Waals surface area contributed by atoms with Crippen LogP contribution in [-0.2, 0) is 19.9 Å². The molecule has 0 aliphatic carbocycles. The molecule has 0 N–H and O–H groups in total. The highest BCUT2D eigenvalue weighted by Gasteiger charge is 2.74. The second kappa shape index (κ2) is 3.43. The van der Waals surface area contributed by atoms with Gasteiger partial charge in [0.25, 0.3) is 5.06 Å². The van der Waals surface area contributed by atoms with E-state index in [0.29, 0.717) is 0 Å². The third-order valence-electron chi connectivity index (χ3n) is 2.75.